The molecule has 1 fully saturated rings. The summed E-state index contributed by atoms with van der Waals surface area (Å²) in [6, 6.07) is 9.85. The van der Waals surface area contributed by atoms with Crippen LogP contribution in [0.3, 0.4) is 0 Å². The van der Waals surface area contributed by atoms with E-state index in [1.807, 2.05) is 42.5 Å². The molecule has 3 nitrogen and oxygen atoms in total. The standard InChI is InChI=1S/C13H14O3/c14-9-12-11(8-13(15)16-12)7-6-10-4-2-1-3-5-10/h1-7,11-12,14H,8-9H2/b7-6+/t11-,12+/m1/s1. The molecule has 1 aliphatic rings. The summed E-state index contributed by atoms with van der Waals surface area (Å²) in [5.41, 5.74) is 1.08. The Balaban J connectivity index is 2.04. The summed E-state index contributed by atoms with van der Waals surface area (Å²) in [7, 11) is 0. The average molecular weight is 218 g/mol. The van der Waals surface area contributed by atoms with Crippen molar-refractivity contribution in [1.29, 1.82) is 0 Å². The van der Waals surface area contributed by atoms with Crippen molar-refractivity contribution < 1.29 is 14.6 Å². The zero-order valence-electron chi connectivity index (χ0n) is 8.87. The number of rotatable bonds is 3. The Bertz CT molecular complexity index is 383. The van der Waals surface area contributed by atoms with Crippen LogP contribution >= 0.6 is 0 Å². The van der Waals surface area contributed by atoms with Gasteiger partial charge in [0.05, 0.1) is 13.0 Å². The molecular weight excluding hydrogens is 204 g/mol. The van der Waals surface area contributed by atoms with Crippen molar-refractivity contribution in [2.45, 2.75) is 12.5 Å². The number of carbonyl (C=O) groups is 1. The summed E-state index contributed by atoms with van der Waals surface area (Å²) >= 11 is 0. The minimum Gasteiger partial charge on any atom is -0.459 e. The third kappa shape index (κ3) is 2.49. The van der Waals surface area contributed by atoms with Crippen molar-refractivity contribution in [2.75, 3.05) is 6.61 Å². The van der Waals surface area contributed by atoms with Gasteiger partial charge in [-0.3, -0.25) is 4.79 Å². The Morgan fingerprint density at radius 3 is 2.81 bits per heavy atom. The molecule has 0 aromatic heterocycles. The number of hydrogen-bond acceptors (Lipinski definition) is 3. The second-order valence-electron chi connectivity index (χ2n) is 3.85. The van der Waals surface area contributed by atoms with Crippen LogP contribution in [0.25, 0.3) is 6.08 Å². The third-order valence-corrected chi connectivity index (χ3v) is 2.68. The number of esters is 1. The Morgan fingerprint density at radius 1 is 1.38 bits per heavy atom. The SMILES string of the molecule is O=C1C[C@@H](/C=C/c2ccccc2)[C@H](CO)O1. The predicted octanol–water partition coefficient (Wildman–Crippen LogP) is 1.62. The van der Waals surface area contributed by atoms with Crippen LogP contribution in [0, 0.1) is 5.92 Å². The lowest BCUT2D eigenvalue weighted by Crippen LogP contribution is -2.18. The molecule has 2 rings (SSSR count). The van der Waals surface area contributed by atoms with Gasteiger partial charge in [0.1, 0.15) is 6.10 Å². The van der Waals surface area contributed by atoms with E-state index in [2.05, 4.69) is 0 Å². The molecular formula is C13H14O3. The highest BCUT2D eigenvalue weighted by Crippen LogP contribution is 2.23. The molecule has 0 spiro atoms. The van der Waals surface area contributed by atoms with Crippen LogP contribution in [0.15, 0.2) is 36.4 Å². The molecule has 0 bridgehead atoms. The Hall–Kier alpha value is -1.61. The number of ether oxygens (including phenoxy) is 1. The number of benzene rings is 1. The van der Waals surface area contributed by atoms with Crippen LogP contribution in [0.5, 0.6) is 0 Å². The maximum atomic E-state index is 11.1. The minimum atomic E-state index is -0.382. The lowest BCUT2D eigenvalue weighted by Gasteiger charge is -2.10. The average Bonchev–Trinajstić information content (AvgIpc) is 2.68. The molecule has 84 valence electrons. The van der Waals surface area contributed by atoms with Crippen LogP contribution in [-0.2, 0) is 9.53 Å². The van der Waals surface area contributed by atoms with Gasteiger partial charge in [0.2, 0.25) is 0 Å². The summed E-state index contributed by atoms with van der Waals surface area (Å²) in [6.45, 7) is -0.116. The van der Waals surface area contributed by atoms with Gasteiger partial charge in [0, 0.05) is 5.92 Å². The number of cyclic esters (lactones) is 1. The molecule has 0 amide bonds. The van der Waals surface area contributed by atoms with Gasteiger partial charge in [-0.2, -0.15) is 0 Å². The van der Waals surface area contributed by atoms with Crippen LogP contribution in [0.1, 0.15) is 12.0 Å². The zero-order valence-corrected chi connectivity index (χ0v) is 8.87. The smallest absolute Gasteiger partial charge is 0.306 e. The molecule has 2 atom stereocenters. The lowest BCUT2D eigenvalue weighted by atomic mass is 10.0. The normalized spacial score (nSPS) is 24.9. The molecule has 0 aliphatic carbocycles. The van der Waals surface area contributed by atoms with Crippen molar-refractivity contribution in [3.8, 4) is 0 Å². The second-order valence-corrected chi connectivity index (χ2v) is 3.85. The summed E-state index contributed by atoms with van der Waals surface area (Å²) in [5.74, 6) is -0.250. The summed E-state index contributed by atoms with van der Waals surface area (Å²) in [5, 5.41) is 9.04. The molecule has 0 radical (unpaired) electrons. The van der Waals surface area contributed by atoms with Crippen molar-refractivity contribution in [2.24, 2.45) is 5.92 Å². The fourth-order valence-electron chi connectivity index (χ4n) is 1.79. The van der Waals surface area contributed by atoms with Crippen LogP contribution < -0.4 is 0 Å². The monoisotopic (exact) mass is 218 g/mol. The highest BCUT2D eigenvalue weighted by molar-refractivity contribution is 5.73. The molecule has 3 heteroatoms. The van der Waals surface area contributed by atoms with E-state index < -0.39 is 0 Å². The molecule has 16 heavy (non-hydrogen) atoms. The Labute approximate surface area is 94.4 Å². The molecule has 1 heterocycles. The molecule has 0 saturated carbocycles. The van der Waals surface area contributed by atoms with E-state index in [1.165, 1.54) is 0 Å². The lowest BCUT2D eigenvalue weighted by molar-refractivity contribution is -0.142. The number of hydrogen-bond donors (Lipinski definition) is 1. The molecule has 1 saturated heterocycles. The van der Waals surface area contributed by atoms with Crippen molar-refractivity contribution >= 4 is 12.0 Å². The summed E-state index contributed by atoms with van der Waals surface area (Å²) in [4.78, 5) is 11.1. The van der Waals surface area contributed by atoms with Gasteiger partial charge in [-0.05, 0) is 5.56 Å². The van der Waals surface area contributed by atoms with Crippen molar-refractivity contribution in [1.82, 2.24) is 0 Å². The summed E-state index contributed by atoms with van der Waals surface area (Å²) in [6.07, 6.45) is 3.86. The number of aliphatic hydroxyl groups is 1. The maximum Gasteiger partial charge on any atom is 0.306 e. The Morgan fingerprint density at radius 2 is 2.12 bits per heavy atom. The van der Waals surface area contributed by atoms with Gasteiger partial charge in [0.15, 0.2) is 0 Å². The van der Waals surface area contributed by atoms with Gasteiger partial charge in [-0.25, -0.2) is 0 Å². The molecule has 1 N–H and O–H groups in total. The molecule has 1 aromatic rings. The van der Waals surface area contributed by atoms with Gasteiger partial charge in [-0.1, -0.05) is 42.5 Å². The Kier molecular flexibility index (Phi) is 3.37. The quantitative estimate of drug-likeness (QED) is 0.784. The van der Waals surface area contributed by atoms with E-state index in [0.717, 1.165) is 5.56 Å². The minimum absolute atomic E-state index is 0.0160. The van der Waals surface area contributed by atoms with Crippen molar-refractivity contribution in [3.05, 3.63) is 42.0 Å². The fraction of sp³-hybridized carbons (Fsp3) is 0.308. The first kappa shape index (κ1) is 10.9. The van der Waals surface area contributed by atoms with Gasteiger partial charge in [0.25, 0.3) is 0 Å². The van der Waals surface area contributed by atoms with E-state index in [0.29, 0.717) is 6.42 Å². The van der Waals surface area contributed by atoms with Gasteiger partial charge >= 0.3 is 5.97 Å². The molecule has 1 aliphatic heterocycles. The topological polar surface area (TPSA) is 46.5 Å². The maximum absolute atomic E-state index is 11.1. The second kappa shape index (κ2) is 4.94. The number of carbonyl (C=O) groups excluding carboxylic acids is 1. The van der Waals surface area contributed by atoms with E-state index >= 15 is 0 Å². The number of aliphatic hydroxyl groups excluding tert-OH is 1. The van der Waals surface area contributed by atoms with Crippen LogP contribution in [0.2, 0.25) is 0 Å². The largest absolute Gasteiger partial charge is 0.459 e. The zero-order chi connectivity index (χ0) is 11.4. The van der Waals surface area contributed by atoms with E-state index in [1.54, 1.807) is 0 Å². The molecule has 1 aromatic carbocycles. The summed E-state index contributed by atoms with van der Waals surface area (Å²) < 4.78 is 4.97. The van der Waals surface area contributed by atoms with E-state index in [-0.39, 0.29) is 24.6 Å². The first-order valence-electron chi connectivity index (χ1n) is 5.33. The highest BCUT2D eigenvalue weighted by Gasteiger charge is 2.32. The molecule has 0 unspecified atom stereocenters. The first-order chi connectivity index (χ1) is 7.79. The van der Waals surface area contributed by atoms with Crippen LogP contribution in [-0.4, -0.2) is 23.8 Å². The fourth-order valence-corrected chi connectivity index (χ4v) is 1.79. The third-order valence-electron chi connectivity index (χ3n) is 2.68. The predicted molar refractivity (Wildman–Crippen MR) is 60.5 cm³/mol. The first-order valence-corrected chi connectivity index (χ1v) is 5.33. The van der Waals surface area contributed by atoms with Gasteiger partial charge < -0.3 is 9.84 Å². The van der Waals surface area contributed by atoms with Crippen molar-refractivity contribution in [3.63, 3.8) is 0 Å². The highest BCUT2D eigenvalue weighted by atomic mass is 16.6. The van der Waals surface area contributed by atoms with Gasteiger partial charge in [-0.15, -0.1) is 0 Å². The van der Waals surface area contributed by atoms with E-state index in [4.69, 9.17) is 9.84 Å². The van der Waals surface area contributed by atoms with E-state index in [9.17, 15) is 4.79 Å². The van der Waals surface area contributed by atoms with Crippen LogP contribution in [0.4, 0.5) is 0 Å².